The van der Waals surface area contributed by atoms with Gasteiger partial charge >= 0.3 is 0 Å². The summed E-state index contributed by atoms with van der Waals surface area (Å²) in [6.07, 6.45) is 4.35. The second kappa shape index (κ2) is 9.71. The van der Waals surface area contributed by atoms with Gasteiger partial charge in [0.05, 0.1) is 5.69 Å². The predicted molar refractivity (Wildman–Crippen MR) is 121 cm³/mol. The third-order valence-corrected chi connectivity index (χ3v) is 5.84. The molecule has 160 valence electrons. The molecule has 4 rings (SSSR count). The summed E-state index contributed by atoms with van der Waals surface area (Å²) in [5.74, 6) is -0.158. The second-order valence-electron chi connectivity index (χ2n) is 8.00. The Kier molecular flexibility index (Phi) is 6.57. The number of benzene rings is 1. The van der Waals surface area contributed by atoms with Crippen LogP contribution in [0.3, 0.4) is 0 Å². The number of piperazine rings is 1. The van der Waals surface area contributed by atoms with Gasteiger partial charge in [-0.05, 0) is 42.7 Å². The van der Waals surface area contributed by atoms with Crippen LogP contribution in [-0.2, 0) is 19.5 Å². The van der Waals surface area contributed by atoms with Crippen molar-refractivity contribution in [2.45, 2.75) is 26.4 Å². The quantitative estimate of drug-likeness (QED) is 0.620. The molecule has 6 heteroatoms. The molecule has 1 aliphatic rings. The van der Waals surface area contributed by atoms with Crippen LogP contribution < -0.4 is 5.56 Å². The van der Waals surface area contributed by atoms with Crippen molar-refractivity contribution < 1.29 is 4.79 Å². The molecule has 1 amide bonds. The molecule has 0 bridgehead atoms. The fraction of sp³-hybridized carbons (Fsp3) is 0.320. The minimum atomic E-state index is -0.197. The molecule has 0 unspecified atom stereocenters. The van der Waals surface area contributed by atoms with Crippen molar-refractivity contribution in [2.24, 2.45) is 0 Å². The standard InChI is InChI=1S/C25H28N4O2/c1-20-10-13-28(14-11-21-7-3-2-4-8-21)24(30)23(20)25(31)29-17-15-27(16-18-29)19-22-9-5-6-12-26-22/h2-10,12-13H,11,14-19H2,1H3. The molecule has 31 heavy (non-hydrogen) atoms. The Balaban J connectivity index is 1.42. The molecule has 0 radical (unpaired) electrons. The Morgan fingerprint density at radius 3 is 2.42 bits per heavy atom. The Morgan fingerprint density at radius 1 is 0.968 bits per heavy atom. The van der Waals surface area contributed by atoms with E-state index in [0.29, 0.717) is 25.2 Å². The lowest BCUT2D eigenvalue weighted by Crippen LogP contribution is -2.49. The number of rotatable bonds is 6. The van der Waals surface area contributed by atoms with Crippen LogP contribution in [0.2, 0.25) is 0 Å². The number of pyridine rings is 2. The molecule has 2 aromatic heterocycles. The topological polar surface area (TPSA) is 58.4 Å². The maximum atomic E-state index is 13.2. The molecule has 1 fully saturated rings. The third kappa shape index (κ3) is 5.09. The first-order chi connectivity index (χ1) is 15.1. The first kappa shape index (κ1) is 21.0. The molecule has 1 aromatic carbocycles. The van der Waals surface area contributed by atoms with Crippen LogP contribution in [0.25, 0.3) is 0 Å². The number of aryl methyl sites for hydroxylation is 3. The van der Waals surface area contributed by atoms with Gasteiger partial charge in [0.1, 0.15) is 5.56 Å². The molecular formula is C25H28N4O2. The summed E-state index contributed by atoms with van der Waals surface area (Å²) in [6.45, 7) is 5.95. The van der Waals surface area contributed by atoms with Gasteiger partial charge in [-0.3, -0.25) is 19.5 Å². The normalized spacial score (nSPS) is 14.5. The maximum absolute atomic E-state index is 13.2. The summed E-state index contributed by atoms with van der Waals surface area (Å²) in [5.41, 5.74) is 3.04. The van der Waals surface area contributed by atoms with Crippen molar-refractivity contribution >= 4 is 5.91 Å². The maximum Gasteiger partial charge on any atom is 0.263 e. The van der Waals surface area contributed by atoms with Crippen molar-refractivity contribution in [3.8, 4) is 0 Å². The highest BCUT2D eigenvalue weighted by atomic mass is 16.2. The zero-order chi connectivity index (χ0) is 21.6. The van der Waals surface area contributed by atoms with Crippen molar-refractivity contribution in [1.29, 1.82) is 0 Å². The first-order valence-electron chi connectivity index (χ1n) is 10.8. The van der Waals surface area contributed by atoms with Gasteiger partial charge < -0.3 is 9.47 Å². The van der Waals surface area contributed by atoms with Crippen LogP contribution in [0.4, 0.5) is 0 Å². The molecule has 1 aliphatic heterocycles. The summed E-state index contributed by atoms with van der Waals surface area (Å²) in [6, 6.07) is 17.9. The number of amides is 1. The summed E-state index contributed by atoms with van der Waals surface area (Å²) in [7, 11) is 0. The molecule has 3 heterocycles. The second-order valence-corrected chi connectivity index (χ2v) is 8.00. The number of hydrogen-bond acceptors (Lipinski definition) is 4. The Bertz CT molecular complexity index is 1070. The van der Waals surface area contributed by atoms with Gasteiger partial charge in [0.25, 0.3) is 11.5 Å². The van der Waals surface area contributed by atoms with E-state index in [-0.39, 0.29) is 11.5 Å². The average Bonchev–Trinajstić information content (AvgIpc) is 2.80. The van der Waals surface area contributed by atoms with E-state index >= 15 is 0 Å². The van der Waals surface area contributed by atoms with Crippen molar-refractivity contribution in [1.82, 2.24) is 19.4 Å². The van der Waals surface area contributed by atoms with E-state index in [1.165, 1.54) is 5.56 Å². The molecule has 6 nitrogen and oxygen atoms in total. The molecule has 0 aliphatic carbocycles. The third-order valence-electron chi connectivity index (χ3n) is 5.84. The summed E-state index contributed by atoms with van der Waals surface area (Å²) in [4.78, 5) is 34.8. The van der Waals surface area contributed by atoms with E-state index in [9.17, 15) is 9.59 Å². The van der Waals surface area contributed by atoms with E-state index in [2.05, 4.69) is 22.0 Å². The van der Waals surface area contributed by atoms with E-state index in [0.717, 1.165) is 37.3 Å². The van der Waals surface area contributed by atoms with Gasteiger partial charge in [0.2, 0.25) is 0 Å². The summed E-state index contributed by atoms with van der Waals surface area (Å²) in [5, 5.41) is 0. The molecular weight excluding hydrogens is 388 g/mol. The molecule has 0 spiro atoms. The molecule has 0 atom stereocenters. The van der Waals surface area contributed by atoms with Gasteiger partial charge in [-0.2, -0.15) is 0 Å². The van der Waals surface area contributed by atoms with E-state index in [4.69, 9.17) is 0 Å². The van der Waals surface area contributed by atoms with Crippen LogP contribution >= 0.6 is 0 Å². The van der Waals surface area contributed by atoms with Gasteiger partial charge in [-0.15, -0.1) is 0 Å². The number of nitrogens with zero attached hydrogens (tertiary/aromatic N) is 4. The fourth-order valence-corrected chi connectivity index (χ4v) is 3.98. The Hall–Kier alpha value is -3.25. The fourth-order valence-electron chi connectivity index (χ4n) is 3.98. The average molecular weight is 417 g/mol. The SMILES string of the molecule is Cc1ccn(CCc2ccccc2)c(=O)c1C(=O)N1CCN(Cc2ccccn2)CC1. The lowest BCUT2D eigenvalue weighted by Gasteiger charge is -2.34. The van der Waals surface area contributed by atoms with Gasteiger partial charge in [-0.25, -0.2) is 0 Å². The molecule has 0 saturated carbocycles. The molecule has 1 saturated heterocycles. The van der Waals surface area contributed by atoms with Crippen molar-refractivity contribution in [2.75, 3.05) is 26.2 Å². The molecule has 3 aromatic rings. The van der Waals surface area contributed by atoms with Gasteiger partial charge in [0, 0.05) is 51.7 Å². The van der Waals surface area contributed by atoms with Gasteiger partial charge in [-0.1, -0.05) is 36.4 Å². The monoisotopic (exact) mass is 416 g/mol. The highest BCUT2D eigenvalue weighted by Crippen LogP contribution is 2.12. The van der Waals surface area contributed by atoms with E-state index < -0.39 is 0 Å². The zero-order valence-electron chi connectivity index (χ0n) is 17.9. The minimum absolute atomic E-state index is 0.158. The van der Waals surface area contributed by atoms with Crippen LogP contribution in [-0.4, -0.2) is 51.4 Å². The number of aromatic nitrogens is 2. The lowest BCUT2D eigenvalue weighted by atomic mass is 10.1. The number of carbonyl (C=O) groups is 1. The van der Waals surface area contributed by atoms with Crippen molar-refractivity contribution in [3.63, 3.8) is 0 Å². The van der Waals surface area contributed by atoms with Crippen molar-refractivity contribution in [3.05, 3.63) is 99.7 Å². The number of hydrogen-bond donors (Lipinski definition) is 0. The van der Waals surface area contributed by atoms with E-state index in [1.54, 1.807) is 21.9 Å². The Morgan fingerprint density at radius 2 is 1.71 bits per heavy atom. The summed E-state index contributed by atoms with van der Waals surface area (Å²) >= 11 is 0. The first-order valence-corrected chi connectivity index (χ1v) is 10.8. The van der Waals surface area contributed by atoms with E-state index in [1.807, 2.05) is 49.4 Å². The van der Waals surface area contributed by atoms with Crippen LogP contribution in [0.15, 0.2) is 71.8 Å². The molecule has 0 N–H and O–H groups in total. The van der Waals surface area contributed by atoms with Crippen LogP contribution in [0, 0.1) is 6.92 Å². The predicted octanol–water partition coefficient (Wildman–Crippen LogP) is 2.75. The highest BCUT2D eigenvalue weighted by molar-refractivity contribution is 5.95. The van der Waals surface area contributed by atoms with Gasteiger partial charge in [0.15, 0.2) is 0 Å². The number of carbonyl (C=O) groups excluding carboxylic acids is 1. The largest absolute Gasteiger partial charge is 0.336 e. The zero-order valence-corrected chi connectivity index (χ0v) is 17.9. The summed E-state index contributed by atoms with van der Waals surface area (Å²) < 4.78 is 1.66. The Labute approximate surface area is 182 Å². The van der Waals surface area contributed by atoms with Crippen LogP contribution in [0.1, 0.15) is 27.2 Å². The highest BCUT2D eigenvalue weighted by Gasteiger charge is 2.26. The lowest BCUT2D eigenvalue weighted by molar-refractivity contribution is 0.0624. The minimum Gasteiger partial charge on any atom is -0.336 e. The van der Waals surface area contributed by atoms with Crippen LogP contribution in [0.5, 0.6) is 0 Å². The smallest absolute Gasteiger partial charge is 0.263 e.